The highest BCUT2D eigenvalue weighted by molar-refractivity contribution is 5.69. The fourth-order valence-corrected chi connectivity index (χ4v) is 0.912. The van der Waals surface area contributed by atoms with Gasteiger partial charge in [-0.2, -0.15) is 0 Å². The lowest BCUT2D eigenvalue weighted by Crippen LogP contribution is -2.23. The molecule has 2 nitrogen and oxygen atoms in total. The van der Waals surface area contributed by atoms with Gasteiger partial charge in [-0.15, -0.1) is 0 Å². The fraction of sp³-hybridized carbons (Fsp3) is 0.917. The number of hydrogen-bond acceptors (Lipinski definition) is 2. The van der Waals surface area contributed by atoms with Crippen LogP contribution in [0.25, 0.3) is 0 Å². The maximum atomic E-state index is 11.4. The number of carbonyl (C=O) groups is 1. The first-order valence-electron chi connectivity index (χ1n) is 5.46. The molecule has 0 spiro atoms. The first kappa shape index (κ1) is 13.5. The van der Waals surface area contributed by atoms with Crippen molar-refractivity contribution in [1.82, 2.24) is 0 Å². The highest BCUT2D eigenvalue weighted by Gasteiger charge is 2.23. The van der Waals surface area contributed by atoms with Crippen LogP contribution in [0.5, 0.6) is 0 Å². The van der Waals surface area contributed by atoms with Crippen molar-refractivity contribution in [3.05, 3.63) is 0 Å². The lowest BCUT2D eigenvalue weighted by Gasteiger charge is -2.26. The maximum absolute atomic E-state index is 11.4. The minimum atomic E-state index is -0.0678. The van der Waals surface area contributed by atoms with Crippen molar-refractivity contribution in [2.24, 2.45) is 11.3 Å². The fourth-order valence-electron chi connectivity index (χ4n) is 0.912. The van der Waals surface area contributed by atoms with Gasteiger partial charge < -0.3 is 4.74 Å². The van der Waals surface area contributed by atoms with Gasteiger partial charge in [0.15, 0.2) is 0 Å². The smallest absolute Gasteiger partial charge is 0.306 e. The molecule has 2 atom stereocenters. The Morgan fingerprint density at radius 2 is 1.79 bits per heavy atom. The van der Waals surface area contributed by atoms with E-state index in [1.54, 1.807) is 0 Å². The summed E-state index contributed by atoms with van der Waals surface area (Å²) in [6.07, 6.45) is 1.46. The summed E-state index contributed by atoms with van der Waals surface area (Å²) in [5, 5.41) is 0. The largest absolute Gasteiger partial charge is 0.463 e. The summed E-state index contributed by atoms with van der Waals surface area (Å²) in [6.45, 7) is 12.5. The normalized spacial score (nSPS) is 16.1. The molecule has 0 aromatic rings. The van der Waals surface area contributed by atoms with E-state index in [9.17, 15) is 4.79 Å². The van der Waals surface area contributed by atoms with Gasteiger partial charge in [0.25, 0.3) is 0 Å². The van der Waals surface area contributed by atoms with Crippen LogP contribution in [-0.2, 0) is 9.53 Å². The van der Waals surface area contributed by atoms with Gasteiger partial charge in [0.2, 0.25) is 0 Å². The standard InChI is InChI=1S/C12H24O2/c1-7-10(3)14-11(13)8-9(2)12(4,5)6/h9-10H,7-8H2,1-6H3. The molecular weight excluding hydrogens is 176 g/mol. The Hall–Kier alpha value is -0.530. The molecular formula is C12H24O2. The van der Waals surface area contributed by atoms with E-state index in [0.717, 1.165) is 6.42 Å². The van der Waals surface area contributed by atoms with E-state index in [1.807, 2.05) is 13.8 Å². The number of rotatable bonds is 4. The van der Waals surface area contributed by atoms with E-state index < -0.39 is 0 Å². The molecule has 0 fully saturated rings. The van der Waals surface area contributed by atoms with Crippen molar-refractivity contribution in [3.8, 4) is 0 Å². The summed E-state index contributed by atoms with van der Waals surface area (Å²) in [5.74, 6) is 0.292. The molecule has 0 rings (SSSR count). The van der Waals surface area contributed by atoms with Gasteiger partial charge >= 0.3 is 5.97 Å². The minimum absolute atomic E-state index is 0.0506. The van der Waals surface area contributed by atoms with E-state index >= 15 is 0 Å². The van der Waals surface area contributed by atoms with Crippen LogP contribution in [0.4, 0.5) is 0 Å². The molecule has 0 aromatic carbocycles. The third-order valence-electron chi connectivity index (χ3n) is 2.86. The van der Waals surface area contributed by atoms with Gasteiger partial charge in [0.1, 0.15) is 0 Å². The molecule has 0 aliphatic carbocycles. The summed E-state index contributed by atoms with van der Waals surface area (Å²) in [4.78, 5) is 11.4. The molecule has 0 saturated heterocycles. The van der Waals surface area contributed by atoms with Gasteiger partial charge in [0, 0.05) is 6.42 Å². The summed E-state index contributed by atoms with van der Waals surface area (Å²) in [6, 6.07) is 0. The Kier molecular flexibility index (Phi) is 5.17. The Morgan fingerprint density at radius 3 is 2.14 bits per heavy atom. The summed E-state index contributed by atoms with van der Waals surface area (Å²) < 4.78 is 5.23. The topological polar surface area (TPSA) is 26.3 Å². The van der Waals surface area contributed by atoms with Crippen molar-refractivity contribution >= 4 is 5.97 Å². The Morgan fingerprint density at radius 1 is 1.29 bits per heavy atom. The summed E-state index contributed by atoms with van der Waals surface area (Å²) in [7, 11) is 0. The molecule has 0 aromatic heterocycles. The molecule has 2 heteroatoms. The van der Waals surface area contributed by atoms with Crippen LogP contribution in [0.1, 0.15) is 54.4 Å². The van der Waals surface area contributed by atoms with Gasteiger partial charge in [-0.05, 0) is 24.7 Å². The van der Waals surface area contributed by atoms with E-state index in [4.69, 9.17) is 4.74 Å². The SMILES string of the molecule is CCC(C)OC(=O)CC(C)C(C)(C)C. The average Bonchev–Trinajstić information content (AvgIpc) is 2.02. The van der Waals surface area contributed by atoms with E-state index in [1.165, 1.54) is 0 Å². The third kappa shape index (κ3) is 5.25. The van der Waals surface area contributed by atoms with Gasteiger partial charge in [-0.1, -0.05) is 34.6 Å². The van der Waals surface area contributed by atoms with Crippen LogP contribution in [0.3, 0.4) is 0 Å². The molecule has 0 aliphatic rings. The zero-order valence-electron chi connectivity index (χ0n) is 10.4. The van der Waals surface area contributed by atoms with Crippen LogP contribution in [-0.4, -0.2) is 12.1 Å². The van der Waals surface area contributed by atoms with E-state index in [-0.39, 0.29) is 17.5 Å². The molecule has 0 saturated carbocycles. The minimum Gasteiger partial charge on any atom is -0.463 e. The number of carbonyl (C=O) groups excluding carboxylic acids is 1. The predicted octanol–water partition coefficient (Wildman–Crippen LogP) is 3.40. The number of hydrogen-bond donors (Lipinski definition) is 0. The van der Waals surface area contributed by atoms with Crippen molar-refractivity contribution in [2.75, 3.05) is 0 Å². The van der Waals surface area contributed by atoms with Crippen LogP contribution < -0.4 is 0 Å². The number of ether oxygens (including phenoxy) is 1. The van der Waals surface area contributed by atoms with Crippen LogP contribution in [0, 0.1) is 11.3 Å². The molecule has 0 aliphatic heterocycles. The highest BCUT2D eigenvalue weighted by Crippen LogP contribution is 2.28. The van der Waals surface area contributed by atoms with Crippen LogP contribution in [0.15, 0.2) is 0 Å². The van der Waals surface area contributed by atoms with Crippen LogP contribution in [0.2, 0.25) is 0 Å². The summed E-state index contributed by atoms with van der Waals surface area (Å²) in [5.41, 5.74) is 0.175. The van der Waals surface area contributed by atoms with Crippen molar-refractivity contribution in [2.45, 2.75) is 60.5 Å². The van der Waals surface area contributed by atoms with Crippen molar-refractivity contribution < 1.29 is 9.53 Å². The Balaban J connectivity index is 3.95. The lowest BCUT2D eigenvalue weighted by molar-refractivity contribution is -0.150. The van der Waals surface area contributed by atoms with Gasteiger partial charge in [0.05, 0.1) is 6.10 Å². The lowest BCUT2D eigenvalue weighted by atomic mass is 9.80. The zero-order chi connectivity index (χ0) is 11.4. The molecule has 0 heterocycles. The van der Waals surface area contributed by atoms with Gasteiger partial charge in [-0.3, -0.25) is 4.79 Å². The molecule has 0 bridgehead atoms. The summed E-state index contributed by atoms with van der Waals surface area (Å²) >= 11 is 0. The second-order valence-electron chi connectivity index (χ2n) is 5.18. The second-order valence-corrected chi connectivity index (χ2v) is 5.18. The number of esters is 1. The Labute approximate surface area is 88.0 Å². The quantitative estimate of drug-likeness (QED) is 0.650. The van der Waals surface area contributed by atoms with E-state index in [0.29, 0.717) is 12.3 Å². The highest BCUT2D eigenvalue weighted by atomic mass is 16.5. The molecule has 0 N–H and O–H groups in total. The average molecular weight is 200 g/mol. The van der Waals surface area contributed by atoms with E-state index in [2.05, 4.69) is 27.7 Å². The zero-order valence-corrected chi connectivity index (χ0v) is 10.4. The molecule has 84 valence electrons. The molecule has 14 heavy (non-hydrogen) atoms. The van der Waals surface area contributed by atoms with Crippen molar-refractivity contribution in [1.29, 1.82) is 0 Å². The van der Waals surface area contributed by atoms with Crippen molar-refractivity contribution in [3.63, 3.8) is 0 Å². The monoisotopic (exact) mass is 200 g/mol. The Bertz CT molecular complexity index is 179. The first-order valence-corrected chi connectivity index (χ1v) is 5.46. The molecule has 0 radical (unpaired) electrons. The molecule has 2 unspecified atom stereocenters. The molecule has 0 amide bonds. The second kappa shape index (κ2) is 5.38. The maximum Gasteiger partial charge on any atom is 0.306 e. The van der Waals surface area contributed by atoms with Crippen LogP contribution >= 0.6 is 0 Å². The predicted molar refractivity (Wildman–Crippen MR) is 59.1 cm³/mol. The third-order valence-corrected chi connectivity index (χ3v) is 2.86. The van der Waals surface area contributed by atoms with Gasteiger partial charge in [-0.25, -0.2) is 0 Å². The first-order chi connectivity index (χ1) is 6.27.